The van der Waals surface area contributed by atoms with E-state index in [9.17, 15) is 0 Å². The highest BCUT2D eigenvalue weighted by atomic mass is 15.0. The third-order valence-corrected chi connectivity index (χ3v) is 2.68. The molecule has 0 saturated heterocycles. The number of nitriles is 1. The van der Waals surface area contributed by atoms with Crippen LogP contribution in [0.4, 0.5) is 11.5 Å². The molecule has 1 aromatic carbocycles. The van der Waals surface area contributed by atoms with Gasteiger partial charge in [0.25, 0.3) is 0 Å². The normalized spacial score (nSPS) is 9.89. The number of aromatic nitrogens is 2. The first-order valence-corrected chi connectivity index (χ1v) is 5.68. The topological polar surface area (TPSA) is 61.6 Å². The number of nitrogens with one attached hydrogen (secondary N) is 1. The molecular formula is C14H14N4. The van der Waals surface area contributed by atoms with Gasteiger partial charge in [0.1, 0.15) is 17.5 Å². The fourth-order valence-corrected chi connectivity index (χ4v) is 1.65. The van der Waals surface area contributed by atoms with Gasteiger partial charge in [-0.25, -0.2) is 9.97 Å². The molecule has 0 saturated carbocycles. The lowest BCUT2D eigenvalue weighted by molar-refractivity contribution is 1.05. The van der Waals surface area contributed by atoms with Crippen molar-refractivity contribution < 1.29 is 0 Å². The second-order valence-electron chi connectivity index (χ2n) is 4.23. The Morgan fingerprint density at radius 1 is 1.22 bits per heavy atom. The van der Waals surface area contributed by atoms with Crippen LogP contribution >= 0.6 is 0 Å². The monoisotopic (exact) mass is 238 g/mol. The number of rotatable bonds is 2. The maximum atomic E-state index is 9.04. The van der Waals surface area contributed by atoms with E-state index in [1.807, 2.05) is 26.0 Å². The molecular weight excluding hydrogens is 224 g/mol. The number of hydrogen-bond donors (Lipinski definition) is 1. The van der Waals surface area contributed by atoms with Crippen LogP contribution in [0.25, 0.3) is 0 Å². The van der Waals surface area contributed by atoms with Gasteiger partial charge in [-0.15, -0.1) is 0 Å². The largest absolute Gasteiger partial charge is 0.339 e. The molecule has 18 heavy (non-hydrogen) atoms. The van der Waals surface area contributed by atoms with E-state index in [0.717, 1.165) is 16.8 Å². The summed E-state index contributed by atoms with van der Waals surface area (Å²) < 4.78 is 0. The van der Waals surface area contributed by atoms with E-state index in [0.29, 0.717) is 17.2 Å². The summed E-state index contributed by atoms with van der Waals surface area (Å²) in [6, 6.07) is 8.22. The third-order valence-electron chi connectivity index (χ3n) is 2.68. The van der Waals surface area contributed by atoms with Gasteiger partial charge in [-0.3, -0.25) is 0 Å². The Morgan fingerprint density at radius 3 is 2.72 bits per heavy atom. The molecule has 0 atom stereocenters. The zero-order chi connectivity index (χ0) is 13.1. The fourth-order valence-electron chi connectivity index (χ4n) is 1.65. The molecule has 4 heteroatoms. The van der Waals surface area contributed by atoms with Crippen molar-refractivity contribution in [3.63, 3.8) is 0 Å². The summed E-state index contributed by atoms with van der Waals surface area (Å²) in [7, 11) is 0. The highest BCUT2D eigenvalue weighted by molar-refractivity contribution is 5.65. The number of anilines is 2. The van der Waals surface area contributed by atoms with Crippen LogP contribution in [0.15, 0.2) is 24.4 Å². The molecule has 4 nitrogen and oxygen atoms in total. The van der Waals surface area contributed by atoms with Gasteiger partial charge in [0, 0.05) is 5.69 Å². The molecule has 0 aliphatic carbocycles. The van der Waals surface area contributed by atoms with Crippen LogP contribution in [-0.4, -0.2) is 9.97 Å². The zero-order valence-electron chi connectivity index (χ0n) is 10.7. The molecule has 0 aliphatic heterocycles. The fraction of sp³-hybridized carbons (Fsp3) is 0.214. The van der Waals surface area contributed by atoms with Gasteiger partial charge in [-0.05, 0) is 38.0 Å². The summed E-state index contributed by atoms with van der Waals surface area (Å²) in [4.78, 5) is 8.28. The lowest BCUT2D eigenvalue weighted by Crippen LogP contribution is -2.01. The van der Waals surface area contributed by atoms with E-state index < -0.39 is 0 Å². The van der Waals surface area contributed by atoms with Crippen LogP contribution in [0.3, 0.4) is 0 Å². The van der Waals surface area contributed by atoms with Gasteiger partial charge in [0.15, 0.2) is 5.82 Å². The smallest absolute Gasteiger partial charge is 0.152 e. The van der Waals surface area contributed by atoms with Crippen LogP contribution in [-0.2, 0) is 0 Å². The highest BCUT2D eigenvalue weighted by Gasteiger charge is 2.07. The second kappa shape index (κ2) is 4.84. The minimum Gasteiger partial charge on any atom is -0.339 e. The molecule has 90 valence electrons. The van der Waals surface area contributed by atoms with Gasteiger partial charge in [0.05, 0.1) is 6.20 Å². The minimum atomic E-state index is 0.446. The maximum Gasteiger partial charge on any atom is 0.152 e. The summed E-state index contributed by atoms with van der Waals surface area (Å²) >= 11 is 0. The molecule has 1 aromatic heterocycles. The van der Waals surface area contributed by atoms with Crippen molar-refractivity contribution in [2.75, 3.05) is 5.32 Å². The zero-order valence-corrected chi connectivity index (χ0v) is 10.7. The summed E-state index contributed by atoms with van der Waals surface area (Å²) in [5.74, 6) is 1.19. The Balaban J connectivity index is 2.43. The van der Waals surface area contributed by atoms with Crippen LogP contribution < -0.4 is 5.32 Å². The van der Waals surface area contributed by atoms with E-state index in [4.69, 9.17) is 5.26 Å². The van der Waals surface area contributed by atoms with E-state index in [1.54, 1.807) is 6.92 Å². The molecule has 0 radical (unpaired) electrons. The van der Waals surface area contributed by atoms with E-state index in [1.165, 1.54) is 6.20 Å². The molecule has 0 spiro atoms. The van der Waals surface area contributed by atoms with Crippen molar-refractivity contribution in [1.82, 2.24) is 9.97 Å². The molecule has 0 bridgehead atoms. The number of hydrogen-bond acceptors (Lipinski definition) is 4. The molecule has 2 rings (SSSR count). The molecule has 0 fully saturated rings. The first-order valence-electron chi connectivity index (χ1n) is 5.68. The Bertz CT molecular complexity index is 626. The van der Waals surface area contributed by atoms with E-state index >= 15 is 0 Å². The Hall–Kier alpha value is -2.41. The number of nitrogens with zero attached hydrogens (tertiary/aromatic N) is 3. The van der Waals surface area contributed by atoms with Gasteiger partial charge in [-0.2, -0.15) is 5.26 Å². The molecule has 0 aliphatic rings. The van der Waals surface area contributed by atoms with E-state index in [-0.39, 0.29) is 0 Å². The number of aryl methyl sites for hydroxylation is 3. The predicted molar refractivity (Wildman–Crippen MR) is 70.7 cm³/mol. The van der Waals surface area contributed by atoms with Crippen molar-refractivity contribution >= 4 is 11.5 Å². The Morgan fingerprint density at radius 2 is 2.00 bits per heavy atom. The van der Waals surface area contributed by atoms with Crippen molar-refractivity contribution in [2.24, 2.45) is 0 Å². The average Bonchev–Trinajstić information content (AvgIpc) is 2.34. The summed E-state index contributed by atoms with van der Waals surface area (Å²) in [6.45, 7) is 5.85. The van der Waals surface area contributed by atoms with Crippen molar-refractivity contribution in [2.45, 2.75) is 20.8 Å². The van der Waals surface area contributed by atoms with Gasteiger partial charge in [0.2, 0.25) is 0 Å². The SMILES string of the molecule is Cc1ccc(C)c(Nc2nc(C)ncc2C#N)c1. The lowest BCUT2D eigenvalue weighted by Gasteiger charge is -2.11. The van der Waals surface area contributed by atoms with Crippen LogP contribution in [0.2, 0.25) is 0 Å². The Kier molecular flexibility index (Phi) is 3.24. The van der Waals surface area contributed by atoms with Gasteiger partial charge >= 0.3 is 0 Å². The second-order valence-corrected chi connectivity index (χ2v) is 4.23. The summed E-state index contributed by atoms with van der Waals surface area (Å²) in [5, 5.41) is 12.2. The summed E-state index contributed by atoms with van der Waals surface area (Å²) in [5.41, 5.74) is 3.68. The van der Waals surface area contributed by atoms with Gasteiger partial charge < -0.3 is 5.32 Å². The van der Waals surface area contributed by atoms with Crippen LogP contribution in [0, 0.1) is 32.1 Å². The van der Waals surface area contributed by atoms with E-state index in [2.05, 4.69) is 27.4 Å². The van der Waals surface area contributed by atoms with Gasteiger partial charge in [-0.1, -0.05) is 12.1 Å². The lowest BCUT2D eigenvalue weighted by atomic mass is 10.1. The minimum absolute atomic E-state index is 0.446. The summed E-state index contributed by atoms with van der Waals surface area (Å²) in [6.07, 6.45) is 1.54. The third kappa shape index (κ3) is 2.46. The van der Waals surface area contributed by atoms with Crippen molar-refractivity contribution in [3.05, 3.63) is 46.9 Å². The van der Waals surface area contributed by atoms with Crippen molar-refractivity contribution in [1.29, 1.82) is 5.26 Å². The molecule has 1 N–H and O–H groups in total. The molecule has 2 aromatic rings. The first kappa shape index (κ1) is 12.1. The van der Waals surface area contributed by atoms with Crippen molar-refractivity contribution in [3.8, 4) is 6.07 Å². The predicted octanol–water partition coefficient (Wildman–Crippen LogP) is 3.02. The Labute approximate surface area is 106 Å². The molecule has 0 unspecified atom stereocenters. The molecule has 0 amide bonds. The standard InChI is InChI=1S/C14H14N4/c1-9-4-5-10(2)13(6-9)18-14-12(7-15)8-16-11(3)17-14/h4-6,8H,1-3H3,(H,16,17,18). The van der Waals surface area contributed by atoms with Crippen LogP contribution in [0.5, 0.6) is 0 Å². The first-order chi connectivity index (χ1) is 8.60. The maximum absolute atomic E-state index is 9.04. The highest BCUT2D eigenvalue weighted by Crippen LogP contribution is 2.22. The number of benzene rings is 1. The van der Waals surface area contributed by atoms with Crippen LogP contribution in [0.1, 0.15) is 22.5 Å². The quantitative estimate of drug-likeness (QED) is 0.873. The molecule has 1 heterocycles. The average molecular weight is 238 g/mol.